The summed E-state index contributed by atoms with van der Waals surface area (Å²) in [5.41, 5.74) is 2.19. The molecule has 0 N–H and O–H groups in total. The maximum atomic E-state index is 12.2. The summed E-state index contributed by atoms with van der Waals surface area (Å²) >= 11 is 0. The maximum absolute atomic E-state index is 12.2. The summed E-state index contributed by atoms with van der Waals surface area (Å²) in [6.07, 6.45) is 1.13. The van der Waals surface area contributed by atoms with Gasteiger partial charge in [0.1, 0.15) is 5.75 Å². The number of nitrogens with zero attached hydrogens (tertiary/aromatic N) is 1. The van der Waals surface area contributed by atoms with Crippen molar-refractivity contribution in [2.45, 2.75) is 20.3 Å². The van der Waals surface area contributed by atoms with Crippen LogP contribution in [0.2, 0.25) is 0 Å². The molecule has 2 atom stereocenters. The molecule has 28 heavy (non-hydrogen) atoms. The van der Waals surface area contributed by atoms with Gasteiger partial charge in [-0.2, -0.15) is 0 Å². The molecule has 0 spiro atoms. The van der Waals surface area contributed by atoms with Crippen molar-refractivity contribution in [3.05, 3.63) is 54.6 Å². The molecule has 1 aliphatic heterocycles. The molecule has 1 amide bonds. The number of benzene rings is 2. The van der Waals surface area contributed by atoms with Gasteiger partial charge in [0.15, 0.2) is 13.2 Å². The number of carbonyl (C=O) groups is 2. The van der Waals surface area contributed by atoms with Crippen LogP contribution in [0, 0.1) is 11.8 Å². The van der Waals surface area contributed by atoms with Crippen LogP contribution in [0.1, 0.15) is 20.3 Å². The summed E-state index contributed by atoms with van der Waals surface area (Å²) in [7, 11) is 0. The molecule has 1 saturated heterocycles. The van der Waals surface area contributed by atoms with E-state index in [4.69, 9.17) is 9.47 Å². The lowest BCUT2D eigenvalue weighted by atomic mass is 9.92. The van der Waals surface area contributed by atoms with E-state index in [1.807, 2.05) is 54.6 Å². The summed E-state index contributed by atoms with van der Waals surface area (Å²) < 4.78 is 10.6. The molecule has 3 rings (SSSR count). The number of hydrogen-bond donors (Lipinski definition) is 0. The predicted molar refractivity (Wildman–Crippen MR) is 108 cm³/mol. The van der Waals surface area contributed by atoms with Crippen molar-refractivity contribution >= 4 is 11.9 Å². The summed E-state index contributed by atoms with van der Waals surface area (Å²) in [4.78, 5) is 25.9. The molecular formula is C23H27NO4. The van der Waals surface area contributed by atoms with Crippen molar-refractivity contribution in [3.8, 4) is 16.9 Å². The molecule has 0 aliphatic carbocycles. The van der Waals surface area contributed by atoms with Crippen molar-refractivity contribution in [3.63, 3.8) is 0 Å². The first kappa shape index (κ1) is 19.9. The van der Waals surface area contributed by atoms with Gasteiger partial charge in [-0.3, -0.25) is 4.79 Å². The highest BCUT2D eigenvalue weighted by molar-refractivity contribution is 5.81. The van der Waals surface area contributed by atoms with Crippen LogP contribution in [0.4, 0.5) is 0 Å². The summed E-state index contributed by atoms with van der Waals surface area (Å²) in [5.74, 6) is 0.857. The molecule has 0 radical (unpaired) electrons. The van der Waals surface area contributed by atoms with E-state index in [1.165, 1.54) is 0 Å². The number of hydrogen-bond acceptors (Lipinski definition) is 4. The highest BCUT2D eigenvalue weighted by Crippen LogP contribution is 2.22. The monoisotopic (exact) mass is 381 g/mol. The third kappa shape index (κ3) is 5.59. The van der Waals surface area contributed by atoms with E-state index >= 15 is 0 Å². The molecule has 0 unspecified atom stereocenters. The minimum absolute atomic E-state index is 0.140. The molecule has 0 aromatic heterocycles. The maximum Gasteiger partial charge on any atom is 0.344 e. The molecule has 1 fully saturated rings. The van der Waals surface area contributed by atoms with Gasteiger partial charge in [-0.05, 0) is 41.5 Å². The van der Waals surface area contributed by atoms with Gasteiger partial charge in [0.05, 0.1) is 0 Å². The molecule has 5 heteroatoms. The topological polar surface area (TPSA) is 55.8 Å². The second-order valence-corrected chi connectivity index (χ2v) is 7.58. The summed E-state index contributed by atoms with van der Waals surface area (Å²) in [6, 6.07) is 17.5. The Morgan fingerprint density at radius 2 is 1.50 bits per heavy atom. The van der Waals surface area contributed by atoms with Gasteiger partial charge >= 0.3 is 5.97 Å². The van der Waals surface area contributed by atoms with Crippen molar-refractivity contribution in [1.82, 2.24) is 4.90 Å². The van der Waals surface area contributed by atoms with Crippen molar-refractivity contribution in [2.75, 3.05) is 26.3 Å². The van der Waals surface area contributed by atoms with E-state index in [2.05, 4.69) is 13.8 Å². The summed E-state index contributed by atoms with van der Waals surface area (Å²) in [6.45, 7) is 5.28. The lowest BCUT2D eigenvalue weighted by Crippen LogP contribution is -2.44. The smallest absolute Gasteiger partial charge is 0.344 e. The fourth-order valence-corrected chi connectivity index (χ4v) is 3.66. The van der Waals surface area contributed by atoms with E-state index in [-0.39, 0.29) is 19.1 Å². The normalized spacial score (nSPS) is 19.1. The van der Waals surface area contributed by atoms with Crippen LogP contribution < -0.4 is 4.74 Å². The lowest BCUT2D eigenvalue weighted by Gasteiger charge is -2.34. The summed E-state index contributed by atoms with van der Waals surface area (Å²) in [5, 5.41) is 0. The van der Waals surface area contributed by atoms with Crippen LogP contribution >= 0.6 is 0 Å². The molecular weight excluding hydrogens is 354 g/mol. The molecule has 0 bridgehead atoms. The van der Waals surface area contributed by atoms with Gasteiger partial charge < -0.3 is 14.4 Å². The lowest BCUT2D eigenvalue weighted by molar-refractivity contribution is -0.154. The van der Waals surface area contributed by atoms with Gasteiger partial charge in [0.2, 0.25) is 0 Å². The SMILES string of the molecule is C[C@@H]1C[C@H](C)CN(C(=O)COC(=O)COc2ccc(-c3ccccc3)cc2)C1. The highest BCUT2D eigenvalue weighted by Gasteiger charge is 2.25. The van der Waals surface area contributed by atoms with Crippen LogP contribution in [0.25, 0.3) is 11.1 Å². The Hall–Kier alpha value is -2.82. The van der Waals surface area contributed by atoms with Gasteiger partial charge in [0.25, 0.3) is 5.91 Å². The van der Waals surface area contributed by atoms with Crippen LogP contribution in [-0.4, -0.2) is 43.1 Å². The Morgan fingerprint density at radius 3 is 2.14 bits per heavy atom. The zero-order valence-electron chi connectivity index (χ0n) is 16.5. The zero-order valence-corrected chi connectivity index (χ0v) is 16.5. The first-order chi connectivity index (χ1) is 13.5. The second-order valence-electron chi connectivity index (χ2n) is 7.58. The van der Waals surface area contributed by atoms with E-state index in [9.17, 15) is 9.59 Å². The molecule has 5 nitrogen and oxygen atoms in total. The van der Waals surface area contributed by atoms with Gasteiger partial charge in [0, 0.05) is 13.1 Å². The molecule has 1 heterocycles. The molecule has 2 aromatic carbocycles. The largest absolute Gasteiger partial charge is 0.482 e. The molecule has 0 saturated carbocycles. The first-order valence-corrected chi connectivity index (χ1v) is 9.73. The molecule has 2 aromatic rings. The quantitative estimate of drug-likeness (QED) is 0.715. The fourth-order valence-electron chi connectivity index (χ4n) is 3.66. The van der Waals surface area contributed by atoms with E-state index in [0.717, 1.165) is 30.6 Å². The standard InChI is InChI=1S/C23H27NO4/c1-17-12-18(2)14-24(13-17)22(25)15-28-23(26)16-27-21-10-8-20(9-11-21)19-6-4-3-5-7-19/h3-11,17-18H,12-16H2,1-2H3/t17-,18+. The van der Waals surface area contributed by atoms with Crippen LogP contribution in [-0.2, 0) is 14.3 Å². The second kappa shape index (κ2) is 9.40. The van der Waals surface area contributed by atoms with E-state index < -0.39 is 5.97 Å². The number of esters is 1. The Kier molecular flexibility index (Phi) is 6.69. The third-order valence-electron chi connectivity index (χ3n) is 4.90. The average Bonchev–Trinajstić information content (AvgIpc) is 2.71. The Morgan fingerprint density at radius 1 is 0.893 bits per heavy atom. The number of piperidine rings is 1. The molecule has 1 aliphatic rings. The van der Waals surface area contributed by atoms with Crippen LogP contribution in [0.15, 0.2) is 54.6 Å². The van der Waals surface area contributed by atoms with Gasteiger partial charge in [-0.1, -0.05) is 56.3 Å². The zero-order chi connectivity index (χ0) is 19.9. The van der Waals surface area contributed by atoms with Crippen molar-refractivity contribution < 1.29 is 19.1 Å². The average molecular weight is 381 g/mol. The highest BCUT2D eigenvalue weighted by atomic mass is 16.6. The number of amides is 1. The van der Waals surface area contributed by atoms with Crippen LogP contribution in [0.5, 0.6) is 5.75 Å². The Labute approximate surface area is 166 Å². The van der Waals surface area contributed by atoms with Crippen molar-refractivity contribution in [1.29, 1.82) is 0 Å². The van der Waals surface area contributed by atoms with Gasteiger partial charge in [-0.15, -0.1) is 0 Å². The van der Waals surface area contributed by atoms with Gasteiger partial charge in [-0.25, -0.2) is 4.79 Å². The Bertz CT molecular complexity index is 778. The minimum atomic E-state index is -0.543. The fraction of sp³-hybridized carbons (Fsp3) is 0.391. The number of likely N-dealkylation sites (tertiary alicyclic amines) is 1. The van der Waals surface area contributed by atoms with E-state index in [0.29, 0.717) is 17.6 Å². The molecule has 148 valence electrons. The number of ether oxygens (including phenoxy) is 2. The Balaban J connectivity index is 1.42. The van der Waals surface area contributed by atoms with Crippen molar-refractivity contribution in [2.24, 2.45) is 11.8 Å². The van der Waals surface area contributed by atoms with E-state index in [1.54, 1.807) is 4.90 Å². The third-order valence-corrected chi connectivity index (χ3v) is 4.90. The minimum Gasteiger partial charge on any atom is -0.482 e. The first-order valence-electron chi connectivity index (χ1n) is 9.73. The van der Waals surface area contributed by atoms with Crippen LogP contribution in [0.3, 0.4) is 0 Å². The predicted octanol–water partition coefficient (Wildman–Crippen LogP) is 3.78. The number of rotatable bonds is 6. The number of carbonyl (C=O) groups excluding carboxylic acids is 2.